The van der Waals surface area contributed by atoms with E-state index in [1.54, 1.807) is 18.3 Å². The van der Waals surface area contributed by atoms with E-state index in [4.69, 9.17) is 16.3 Å². The third-order valence-electron chi connectivity index (χ3n) is 3.33. The molecule has 5 heteroatoms. The standard InChI is InChI=1S/C18H17ClN2O2/c1-11(2)23-14-6-4-13(5-7-14)20-10-16-15-9-12(19)3-8-17(15)21-18(16)22/h3-11,21-22H,1-2H3. The van der Waals surface area contributed by atoms with Crippen molar-refractivity contribution < 1.29 is 9.84 Å². The zero-order chi connectivity index (χ0) is 16.4. The molecule has 1 aromatic heterocycles. The summed E-state index contributed by atoms with van der Waals surface area (Å²) >= 11 is 6.02. The van der Waals surface area contributed by atoms with E-state index in [9.17, 15) is 5.11 Å². The number of H-pyrrole nitrogens is 1. The van der Waals surface area contributed by atoms with Crippen molar-refractivity contribution in [1.82, 2.24) is 4.98 Å². The summed E-state index contributed by atoms with van der Waals surface area (Å²) in [6.45, 7) is 3.97. The number of aromatic nitrogens is 1. The number of nitrogens with one attached hydrogen (secondary N) is 1. The Hall–Kier alpha value is -2.46. The summed E-state index contributed by atoms with van der Waals surface area (Å²) in [5, 5.41) is 11.5. The van der Waals surface area contributed by atoms with Crippen molar-refractivity contribution in [1.29, 1.82) is 0 Å². The third kappa shape index (κ3) is 3.48. The summed E-state index contributed by atoms with van der Waals surface area (Å²) in [6.07, 6.45) is 1.76. The molecule has 118 valence electrons. The van der Waals surface area contributed by atoms with E-state index in [-0.39, 0.29) is 12.0 Å². The van der Waals surface area contributed by atoms with E-state index < -0.39 is 0 Å². The SMILES string of the molecule is CC(C)Oc1ccc(N=Cc2c(O)[nH]c3ccc(Cl)cc23)cc1. The smallest absolute Gasteiger partial charge is 0.198 e. The number of benzene rings is 2. The molecule has 3 aromatic rings. The van der Waals surface area contributed by atoms with Crippen molar-refractivity contribution in [3.8, 4) is 11.6 Å². The van der Waals surface area contributed by atoms with Crippen LogP contribution in [0.1, 0.15) is 19.4 Å². The predicted octanol–water partition coefficient (Wildman–Crippen LogP) is 5.06. The van der Waals surface area contributed by atoms with E-state index in [2.05, 4.69) is 9.98 Å². The molecule has 2 aromatic carbocycles. The van der Waals surface area contributed by atoms with Crippen molar-refractivity contribution in [3.63, 3.8) is 0 Å². The fourth-order valence-corrected chi connectivity index (χ4v) is 2.50. The molecule has 0 spiro atoms. The molecule has 0 radical (unpaired) electrons. The first kappa shape index (κ1) is 15.4. The summed E-state index contributed by atoms with van der Waals surface area (Å²) in [6, 6.07) is 12.9. The second-order valence-electron chi connectivity index (χ2n) is 5.50. The van der Waals surface area contributed by atoms with Crippen LogP contribution in [0.25, 0.3) is 10.9 Å². The van der Waals surface area contributed by atoms with E-state index >= 15 is 0 Å². The first-order valence-corrected chi connectivity index (χ1v) is 7.71. The molecule has 3 rings (SSSR count). The van der Waals surface area contributed by atoms with Crippen molar-refractivity contribution >= 4 is 34.4 Å². The molecule has 4 nitrogen and oxygen atoms in total. The molecule has 0 unspecified atom stereocenters. The monoisotopic (exact) mass is 328 g/mol. The molecule has 0 atom stereocenters. The van der Waals surface area contributed by atoms with Gasteiger partial charge >= 0.3 is 0 Å². The van der Waals surface area contributed by atoms with Gasteiger partial charge in [0.25, 0.3) is 0 Å². The second kappa shape index (κ2) is 6.34. The number of aromatic amines is 1. The van der Waals surface area contributed by atoms with Gasteiger partial charge in [0.2, 0.25) is 0 Å². The molecular formula is C18H17ClN2O2. The van der Waals surface area contributed by atoms with E-state index in [1.165, 1.54) is 0 Å². The fourth-order valence-electron chi connectivity index (χ4n) is 2.32. The summed E-state index contributed by atoms with van der Waals surface area (Å²) < 4.78 is 5.60. The van der Waals surface area contributed by atoms with Crippen LogP contribution < -0.4 is 4.74 Å². The van der Waals surface area contributed by atoms with Crippen LogP contribution in [-0.4, -0.2) is 22.4 Å². The van der Waals surface area contributed by atoms with E-state index in [0.29, 0.717) is 10.6 Å². The molecule has 0 aliphatic heterocycles. The first-order chi connectivity index (χ1) is 11.0. The van der Waals surface area contributed by atoms with Gasteiger partial charge in [0.15, 0.2) is 5.88 Å². The quantitative estimate of drug-likeness (QED) is 0.657. The number of aliphatic imine (C=N–C) groups is 1. The maximum atomic E-state index is 10.0. The Morgan fingerprint density at radius 1 is 1.17 bits per heavy atom. The van der Waals surface area contributed by atoms with Crippen LogP contribution in [0.15, 0.2) is 47.5 Å². The summed E-state index contributed by atoms with van der Waals surface area (Å²) in [5.41, 5.74) is 2.20. The Kier molecular flexibility index (Phi) is 4.26. The topological polar surface area (TPSA) is 57.6 Å². The number of aromatic hydroxyl groups is 1. The van der Waals surface area contributed by atoms with Crippen LogP contribution in [-0.2, 0) is 0 Å². The molecule has 0 bridgehead atoms. The number of fused-ring (bicyclic) bond motifs is 1. The highest BCUT2D eigenvalue weighted by Crippen LogP contribution is 2.28. The lowest BCUT2D eigenvalue weighted by molar-refractivity contribution is 0.242. The van der Waals surface area contributed by atoms with E-state index in [1.807, 2.05) is 44.2 Å². The van der Waals surface area contributed by atoms with Gasteiger partial charge in [0.1, 0.15) is 5.75 Å². The Morgan fingerprint density at radius 2 is 1.91 bits per heavy atom. The molecule has 2 N–H and O–H groups in total. The van der Waals surface area contributed by atoms with E-state index in [0.717, 1.165) is 22.3 Å². The third-order valence-corrected chi connectivity index (χ3v) is 3.57. The zero-order valence-electron chi connectivity index (χ0n) is 12.9. The number of hydrogen-bond acceptors (Lipinski definition) is 3. The number of ether oxygens (including phenoxy) is 1. The van der Waals surface area contributed by atoms with Gasteiger partial charge in [-0.05, 0) is 56.3 Å². The van der Waals surface area contributed by atoms with Gasteiger partial charge in [0.05, 0.1) is 17.4 Å². The summed E-state index contributed by atoms with van der Waals surface area (Å²) in [4.78, 5) is 7.31. The summed E-state index contributed by atoms with van der Waals surface area (Å²) in [7, 11) is 0. The van der Waals surface area contributed by atoms with Gasteiger partial charge in [-0.1, -0.05) is 11.6 Å². The molecule has 0 saturated carbocycles. The van der Waals surface area contributed by atoms with Crippen molar-refractivity contribution in [2.75, 3.05) is 0 Å². The highest BCUT2D eigenvalue weighted by molar-refractivity contribution is 6.31. The van der Waals surface area contributed by atoms with Gasteiger partial charge in [-0.25, -0.2) is 0 Å². The lowest BCUT2D eigenvalue weighted by Crippen LogP contribution is -2.04. The second-order valence-corrected chi connectivity index (χ2v) is 5.93. The van der Waals surface area contributed by atoms with Gasteiger partial charge in [-0.3, -0.25) is 4.99 Å². The van der Waals surface area contributed by atoms with Gasteiger partial charge in [-0.2, -0.15) is 0 Å². The Bertz CT molecular complexity index is 851. The van der Waals surface area contributed by atoms with Gasteiger partial charge in [-0.15, -0.1) is 0 Å². The van der Waals surface area contributed by atoms with Gasteiger partial charge in [0, 0.05) is 22.1 Å². The molecule has 0 fully saturated rings. The Morgan fingerprint density at radius 3 is 2.61 bits per heavy atom. The number of hydrogen-bond donors (Lipinski definition) is 2. The minimum absolute atomic E-state index is 0.0748. The minimum Gasteiger partial charge on any atom is -0.494 e. The zero-order valence-corrected chi connectivity index (χ0v) is 13.6. The molecule has 1 heterocycles. The van der Waals surface area contributed by atoms with Crippen molar-refractivity contribution in [2.24, 2.45) is 4.99 Å². The maximum Gasteiger partial charge on any atom is 0.198 e. The Labute approximate surface area is 139 Å². The molecule has 0 aliphatic rings. The Balaban J connectivity index is 1.88. The molecule has 0 saturated heterocycles. The first-order valence-electron chi connectivity index (χ1n) is 7.34. The predicted molar refractivity (Wildman–Crippen MR) is 94.4 cm³/mol. The van der Waals surface area contributed by atoms with Crippen LogP contribution in [0.3, 0.4) is 0 Å². The average Bonchev–Trinajstić information content (AvgIpc) is 2.81. The minimum atomic E-state index is 0.0748. The number of nitrogens with zero attached hydrogens (tertiary/aromatic N) is 1. The lowest BCUT2D eigenvalue weighted by Gasteiger charge is -2.08. The fraction of sp³-hybridized carbons (Fsp3) is 0.167. The number of halogens is 1. The molecule has 0 amide bonds. The van der Waals surface area contributed by atoms with Crippen LogP contribution in [0, 0.1) is 0 Å². The lowest BCUT2D eigenvalue weighted by atomic mass is 10.2. The summed E-state index contributed by atoms with van der Waals surface area (Å²) in [5.74, 6) is 0.881. The molecule has 0 aliphatic carbocycles. The average molecular weight is 329 g/mol. The maximum absolute atomic E-state index is 10.0. The van der Waals surface area contributed by atoms with Gasteiger partial charge < -0.3 is 14.8 Å². The molecular weight excluding hydrogens is 312 g/mol. The van der Waals surface area contributed by atoms with Crippen LogP contribution in [0.2, 0.25) is 5.02 Å². The van der Waals surface area contributed by atoms with Crippen molar-refractivity contribution in [3.05, 3.63) is 53.1 Å². The van der Waals surface area contributed by atoms with Crippen LogP contribution >= 0.6 is 11.6 Å². The largest absolute Gasteiger partial charge is 0.494 e. The van der Waals surface area contributed by atoms with Crippen LogP contribution in [0.5, 0.6) is 11.6 Å². The highest BCUT2D eigenvalue weighted by Gasteiger charge is 2.09. The highest BCUT2D eigenvalue weighted by atomic mass is 35.5. The van der Waals surface area contributed by atoms with Crippen LogP contribution in [0.4, 0.5) is 5.69 Å². The molecule has 23 heavy (non-hydrogen) atoms. The normalized spacial score (nSPS) is 11.7. The van der Waals surface area contributed by atoms with Crippen molar-refractivity contribution in [2.45, 2.75) is 20.0 Å². The number of rotatable bonds is 4.